The van der Waals surface area contributed by atoms with Crippen LogP contribution in [0, 0.1) is 25.6 Å². The van der Waals surface area contributed by atoms with Crippen LogP contribution in [0.15, 0.2) is 60.9 Å². The molecular weight excluding hydrogens is 464 g/mol. The van der Waals surface area contributed by atoms with E-state index in [1.165, 1.54) is 0 Å². The van der Waals surface area contributed by atoms with Gasteiger partial charge in [-0.05, 0) is 29.7 Å². The Morgan fingerprint density at radius 3 is 1.58 bits per heavy atom. The summed E-state index contributed by atoms with van der Waals surface area (Å²) in [5.41, 5.74) is 0.321. The predicted octanol–water partition coefficient (Wildman–Crippen LogP) is 4.38. The molecule has 184 valence electrons. The smallest absolute Gasteiger partial charge is 0.212 e. The first-order valence-corrected chi connectivity index (χ1v) is 11.8. The number of carbonyl (C=O) groups excluding carboxylic acids is 2. The third-order valence-electron chi connectivity index (χ3n) is 7.49. The van der Waals surface area contributed by atoms with E-state index in [0.29, 0.717) is 39.4 Å². The van der Waals surface area contributed by atoms with Crippen LogP contribution < -0.4 is 0 Å². The fourth-order valence-electron chi connectivity index (χ4n) is 6.04. The highest BCUT2D eigenvalue weighted by atomic mass is 16.6. The van der Waals surface area contributed by atoms with Gasteiger partial charge in [0.15, 0.2) is 0 Å². The SMILES string of the molecule is O=C1CCCC(=O)C1([C@H](C[N+](=O)[O-])c1c[nH]c2ccccc12)[C@@H](C[N+](=O)[O-])c1c[nH]c2ccccc12. The Morgan fingerprint density at radius 1 is 0.750 bits per heavy atom. The molecule has 0 unspecified atom stereocenters. The average Bonchev–Trinajstić information content (AvgIpc) is 3.46. The van der Waals surface area contributed by atoms with E-state index in [4.69, 9.17) is 0 Å². The maximum absolute atomic E-state index is 13.9. The van der Waals surface area contributed by atoms with E-state index in [1.54, 1.807) is 60.9 Å². The normalized spacial score (nSPS) is 17.3. The van der Waals surface area contributed by atoms with Gasteiger partial charge in [-0.25, -0.2) is 0 Å². The topological polar surface area (TPSA) is 152 Å². The minimum Gasteiger partial charge on any atom is -0.361 e. The summed E-state index contributed by atoms with van der Waals surface area (Å²) >= 11 is 0. The average molecular weight is 489 g/mol. The summed E-state index contributed by atoms with van der Waals surface area (Å²) in [6.07, 6.45) is 3.55. The third kappa shape index (κ3) is 3.65. The van der Waals surface area contributed by atoms with Crippen molar-refractivity contribution < 1.29 is 19.4 Å². The molecule has 1 saturated carbocycles. The highest BCUT2D eigenvalue weighted by Gasteiger charge is 2.61. The number of hydrogen-bond acceptors (Lipinski definition) is 6. The zero-order valence-corrected chi connectivity index (χ0v) is 19.3. The van der Waals surface area contributed by atoms with Crippen molar-refractivity contribution in [2.45, 2.75) is 31.1 Å². The van der Waals surface area contributed by atoms with Crippen molar-refractivity contribution >= 4 is 33.4 Å². The number of nitrogens with zero attached hydrogens (tertiary/aromatic N) is 2. The number of nitro groups is 2. The number of benzene rings is 2. The molecule has 10 heteroatoms. The number of para-hydroxylation sites is 2. The van der Waals surface area contributed by atoms with Crippen LogP contribution in [0.25, 0.3) is 21.8 Å². The number of carbonyl (C=O) groups is 2. The van der Waals surface area contributed by atoms with Crippen LogP contribution in [0.5, 0.6) is 0 Å². The lowest BCUT2D eigenvalue weighted by Gasteiger charge is -2.43. The molecule has 1 aliphatic rings. The van der Waals surface area contributed by atoms with E-state index < -0.39 is 51.8 Å². The molecular formula is C26H24N4O6. The molecule has 1 fully saturated rings. The van der Waals surface area contributed by atoms with Crippen molar-refractivity contribution in [2.75, 3.05) is 13.1 Å². The zero-order valence-electron chi connectivity index (χ0n) is 19.3. The zero-order chi connectivity index (χ0) is 25.4. The van der Waals surface area contributed by atoms with Gasteiger partial charge < -0.3 is 9.97 Å². The van der Waals surface area contributed by atoms with Crippen LogP contribution >= 0.6 is 0 Å². The summed E-state index contributed by atoms with van der Waals surface area (Å²) in [5, 5.41) is 25.3. The Labute approximate surface area is 205 Å². The molecule has 4 aromatic rings. The lowest BCUT2D eigenvalue weighted by molar-refractivity contribution is -0.492. The Hall–Kier alpha value is -4.34. The second kappa shape index (κ2) is 9.03. The number of hydrogen-bond donors (Lipinski definition) is 2. The Bertz CT molecular complexity index is 1390. The lowest BCUT2D eigenvalue weighted by atomic mass is 9.54. The molecule has 10 nitrogen and oxygen atoms in total. The molecule has 2 aromatic carbocycles. The van der Waals surface area contributed by atoms with Gasteiger partial charge in [0.25, 0.3) is 0 Å². The molecule has 0 amide bonds. The quantitative estimate of drug-likeness (QED) is 0.213. The van der Waals surface area contributed by atoms with E-state index in [9.17, 15) is 29.8 Å². The molecule has 0 bridgehead atoms. The highest BCUT2D eigenvalue weighted by Crippen LogP contribution is 2.54. The van der Waals surface area contributed by atoms with E-state index in [0.717, 1.165) is 0 Å². The van der Waals surface area contributed by atoms with Crippen molar-refractivity contribution in [1.29, 1.82) is 0 Å². The molecule has 36 heavy (non-hydrogen) atoms. The Kier molecular flexibility index (Phi) is 5.87. The minimum atomic E-state index is -1.96. The van der Waals surface area contributed by atoms with Crippen molar-refractivity contribution in [1.82, 2.24) is 9.97 Å². The number of fused-ring (bicyclic) bond motifs is 2. The number of aromatic nitrogens is 2. The first-order chi connectivity index (χ1) is 17.3. The summed E-state index contributed by atoms with van der Waals surface area (Å²) in [4.78, 5) is 57.0. The van der Waals surface area contributed by atoms with Crippen LogP contribution in [0.1, 0.15) is 42.2 Å². The fraction of sp³-hybridized carbons (Fsp3) is 0.308. The molecule has 0 aliphatic heterocycles. The first-order valence-electron chi connectivity index (χ1n) is 11.8. The summed E-state index contributed by atoms with van der Waals surface area (Å²) in [5.74, 6) is -3.34. The van der Waals surface area contributed by atoms with E-state index in [1.807, 2.05) is 0 Å². The monoisotopic (exact) mass is 488 g/mol. The number of aromatic amines is 2. The number of H-pyrrole nitrogens is 2. The molecule has 0 spiro atoms. The van der Waals surface area contributed by atoms with Crippen LogP contribution in [0.3, 0.4) is 0 Å². The van der Waals surface area contributed by atoms with Crippen molar-refractivity contribution in [3.63, 3.8) is 0 Å². The summed E-state index contributed by atoms with van der Waals surface area (Å²) in [6.45, 7) is -1.42. The van der Waals surface area contributed by atoms with Gasteiger partial charge in [0.05, 0.1) is 11.8 Å². The predicted molar refractivity (Wildman–Crippen MR) is 132 cm³/mol. The van der Waals surface area contributed by atoms with Gasteiger partial charge in [0.1, 0.15) is 17.0 Å². The fourth-order valence-corrected chi connectivity index (χ4v) is 6.04. The van der Waals surface area contributed by atoms with Gasteiger partial charge in [0, 0.05) is 56.9 Å². The van der Waals surface area contributed by atoms with Gasteiger partial charge in [-0.3, -0.25) is 29.8 Å². The molecule has 5 rings (SSSR count). The molecule has 0 saturated heterocycles. The van der Waals surface area contributed by atoms with Crippen molar-refractivity contribution in [3.05, 3.63) is 92.3 Å². The van der Waals surface area contributed by atoms with Crippen LogP contribution in [0.2, 0.25) is 0 Å². The number of rotatable bonds is 8. The molecule has 2 aromatic heterocycles. The largest absolute Gasteiger partial charge is 0.361 e. The molecule has 0 radical (unpaired) electrons. The Morgan fingerprint density at radius 2 is 1.17 bits per heavy atom. The van der Waals surface area contributed by atoms with E-state index in [2.05, 4.69) is 9.97 Å². The number of nitrogens with one attached hydrogen (secondary N) is 2. The van der Waals surface area contributed by atoms with Gasteiger partial charge >= 0.3 is 0 Å². The molecule has 2 heterocycles. The van der Waals surface area contributed by atoms with Crippen molar-refractivity contribution in [2.24, 2.45) is 5.41 Å². The van der Waals surface area contributed by atoms with Gasteiger partial charge in [0.2, 0.25) is 13.1 Å². The van der Waals surface area contributed by atoms with Crippen LogP contribution in [-0.4, -0.2) is 44.5 Å². The summed E-state index contributed by atoms with van der Waals surface area (Å²) in [6, 6.07) is 14.3. The molecule has 2 N–H and O–H groups in total. The molecule has 1 aliphatic carbocycles. The van der Waals surface area contributed by atoms with E-state index >= 15 is 0 Å². The number of ketones is 2. The third-order valence-corrected chi connectivity index (χ3v) is 7.49. The maximum Gasteiger partial charge on any atom is 0.212 e. The number of Topliss-reactive ketones (excluding diaryl/α,β-unsaturated/α-hetero) is 2. The van der Waals surface area contributed by atoms with Gasteiger partial charge in [-0.15, -0.1) is 0 Å². The van der Waals surface area contributed by atoms with Crippen molar-refractivity contribution in [3.8, 4) is 0 Å². The van der Waals surface area contributed by atoms with Crippen LogP contribution in [0.4, 0.5) is 0 Å². The lowest BCUT2D eigenvalue weighted by Crippen LogP contribution is -2.54. The summed E-state index contributed by atoms with van der Waals surface area (Å²) < 4.78 is 0. The Balaban J connectivity index is 1.83. The first kappa shape index (κ1) is 23.4. The standard InChI is InChI=1S/C26H24N4O6/c31-24-10-5-11-25(32)26(24,20(14-29(33)34)18-12-27-22-8-3-1-6-16(18)22)21(15-30(35)36)19-13-28-23-9-4-2-7-17(19)23/h1-4,6-9,12-13,20-21,27-28H,5,10-11,14-15H2/t20-,21+. The second-order valence-corrected chi connectivity index (χ2v) is 9.28. The second-order valence-electron chi connectivity index (χ2n) is 9.28. The van der Waals surface area contributed by atoms with E-state index in [-0.39, 0.29) is 12.8 Å². The van der Waals surface area contributed by atoms with Gasteiger partial charge in [-0.2, -0.15) is 0 Å². The van der Waals surface area contributed by atoms with Gasteiger partial charge in [-0.1, -0.05) is 36.4 Å². The maximum atomic E-state index is 13.9. The van der Waals surface area contributed by atoms with Crippen LogP contribution in [-0.2, 0) is 9.59 Å². The highest BCUT2D eigenvalue weighted by molar-refractivity contribution is 6.12. The molecule has 2 atom stereocenters. The summed E-state index contributed by atoms with van der Waals surface area (Å²) in [7, 11) is 0. The minimum absolute atomic E-state index is 0.0267.